The van der Waals surface area contributed by atoms with Crippen LogP contribution >= 0.6 is 0 Å². The zero-order valence-corrected chi connectivity index (χ0v) is 15.8. The Hall–Kier alpha value is -2.54. The van der Waals surface area contributed by atoms with Crippen molar-refractivity contribution in [1.82, 2.24) is 0 Å². The SMILES string of the molecule is COc1cc(S(=O)(=O)N2c3ccccc3CCC2C)ccc1NC(C)=O. The van der Waals surface area contributed by atoms with Crippen molar-refractivity contribution >= 4 is 27.3 Å². The second-order valence-corrected chi connectivity index (χ2v) is 8.18. The molecule has 0 saturated carbocycles. The zero-order valence-electron chi connectivity index (χ0n) is 15.0. The molecule has 0 fully saturated rings. The number of para-hydroxylation sites is 1. The van der Waals surface area contributed by atoms with Crippen molar-refractivity contribution in [3.8, 4) is 5.75 Å². The first-order valence-electron chi connectivity index (χ1n) is 8.42. The van der Waals surface area contributed by atoms with E-state index >= 15 is 0 Å². The van der Waals surface area contributed by atoms with Crippen molar-refractivity contribution in [3.63, 3.8) is 0 Å². The molecule has 1 amide bonds. The summed E-state index contributed by atoms with van der Waals surface area (Å²) in [5.74, 6) is 0.0525. The third kappa shape index (κ3) is 3.26. The van der Waals surface area contributed by atoms with Crippen molar-refractivity contribution in [3.05, 3.63) is 48.0 Å². The standard InChI is InChI=1S/C19H22N2O4S/c1-13-8-9-15-6-4-5-7-18(15)21(13)26(23,24)16-10-11-17(20-14(2)22)19(12-16)25-3/h4-7,10-13H,8-9H2,1-3H3,(H,20,22). The van der Waals surface area contributed by atoms with Gasteiger partial charge in [-0.1, -0.05) is 18.2 Å². The number of nitrogens with one attached hydrogen (secondary N) is 1. The van der Waals surface area contributed by atoms with Gasteiger partial charge in [0.15, 0.2) is 0 Å². The van der Waals surface area contributed by atoms with E-state index in [0.717, 1.165) is 24.1 Å². The van der Waals surface area contributed by atoms with Crippen molar-refractivity contribution in [2.45, 2.75) is 37.6 Å². The van der Waals surface area contributed by atoms with E-state index in [1.807, 2.05) is 31.2 Å². The Balaban J connectivity index is 2.07. The molecule has 1 N–H and O–H groups in total. The molecule has 0 bridgehead atoms. The van der Waals surface area contributed by atoms with E-state index in [1.165, 1.54) is 30.5 Å². The molecular weight excluding hydrogens is 352 g/mol. The van der Waals surface area contributed by atoms with Crippen LogP contribution in [-0.2, 0) is 21.2 Å². The summed E-state index contributed by atoms with van der Waals surface area (Å²) in [7, 11) is -2.32. The normalized spacial score (nSPS) is 16.7. The molecule has 0 aliphatic carbocycles. The number of carbonyl (C=O) groups is 1. The summed E-state index contributed by atoms with van der Waals surface area (Å²) in [5.41, 5.74) is 2.18. The number of nitrogens with zero attached hydrogens (tertiary/aromatic N) is 1. The van der Waals surface area contributed by atoms with Crippen LogP contribution < -0.4 is 14.4 Å². The fourth-order valence-corrected chi connectivity index (χ4v) is 5.00. The second kappa shape index (κ2) is 6.99. The van der Waals surface area contributed by atoms with Crippen molar-refractivity contribution in [1.29, 1.82) is 0 Å². The van der Waals surface area contributed by atoms with Gasteiger partial charge in [-0.25, -0.2) is 8.42 Å². The van der Waals surface area contributed by atoms with Crippen LogP contribution in [0.3, 0.4) is 0 Å². The molecule has 7 heteroatoms. The third-order valence-corrected chi connectivity index (χ3v) is 6.43. The first-order chi connectivity index (χ1) is 12.3. The van der Waals surface area contributed by atoms with Gasteiger partial charge in [0.05, 0.1) is 23.4 Å². The number of hydrogen-bond donors (Lipinski definition) is 1. The van der Waals surface area contributed by atoms with E-state index in [4.69, 9.17) is 4.74 Å². The molecule has 6 nitrogen and oxygen atoms in total. The highest BCUT2D eigenvalue weighted by Gasteiger charge is 2.34. The summed E-state index contributed by atoms with van der Waals surface area (Å²) in [6.45, 7) is 3.30. The Morgan fingerprint density at radius 3 is 2.65 bits per heavy atom. The minimum Gasteiger partial charge on any atom is -0.495 e. The molecule has 1 unspecified atom stereocenters. The number of sulfonamides is 1. The summed E-state index contributed by atoms with van der Waals surface area (Å²) in [4.78, 5) is 11.4. The average molecular weight is 374 g/mol. The van der Waals surface area contributed by atoms with Crippen LogP contribution in [0.15, 0.2) is 47.4 Å². The molecule has 0 radical (unpaired) electrons. The quantitative estimate of drug-likeness (QED) is 0.892. The first kappa shape index (κ1) is 18.3. The molecular formula is C19H22N2O4S. The predicted octanol–water partition coefficient (Wildman–Crippen LogP) is 3.18. The van der Waals surface area contributed by atoms with Crippen LogP contribution in [0, 0.1) is 0 Å². The maximum absolute atomic E-state index is 13.3. The Morgan fingerprint density at radius 1 is 1.23 bits per heavy atom. The summed E-state index contributed by atoms with van der Waals surface area (Å²) in [6, 6.07) is 11.9. The molecule has 2 aromatic rings. The molecule has 2 aromatic carbocycles. The topological polar surface area (TPSA) is 75.7 Å². The summed E-state index contributed by atoms with van der Waals surface area (Å²) >= 11 is 0. The van der Waals surface area contributed by atoms with Crippen LogP contribution in [0.5, 0.6) is 5.75 Å². The fourth-order valence-electron chi connectivity index (χ4n) is 3.26. The van der Waals surface area contributed by atoms with E-state index in [2.05, 4.69) is 5.32 Å². The number of amides is 1. The van der Waals surface area contributed by atoms with Gasteiger partial charge in [-0.15, -0.1) is 0 Å². The van der Waals surface area contributed by atoms with E-state index < -0.39 is 10.0 Å². The molecule has 26 heavy (non-hydrogen) atoms. The Morgan fingerprint density at radius 2 is 1.96 bits per heavy atom. The van der Waals surface area contributed by atoms with Crippen LogP contribution in [0.1, 0.15) is 25.8 Å². The molecule has 1 atom stereocenters. The average Bonchev–Trinajstić information content (AvgIpc) is 2.61. The van der Waals surface area contributed by atoms with Crippen LogP contribution in [-0.4, -0.2) is 27.5 Å². The minimum atomic E-state index is -3.76. The van der Waals surface area contributed by atoms with Gasteiger partial charge < -0.3 is 10.1 Å². The number of ether oxygens (including phenoxy) is 1. The van der Waals surface area contributed by atoms with Gasteiger partial charge >= 0.3 is 0 Å². The number of carbonyl (C=O) groups excluding carboxylic acids is 1. The van der Waals surface area contributed by atoms with Crippen molar-refractivity contribution < 1.29 is 17.9 Å². The van der Waals surface area contributed by atoms with Gasteiger partial charge in [0.25, 0.3) is 10.0 Å². The lowest BCUT2D eigenvalue weighted by atomic mass is 9.99. The molecule has 1 heterocycles. The minimum absolute atomic E-state index is 0.131. The Bertz CT molecular complexity index is 940. The number of anilines is 2. The van der Waals surface area contributed by atoms with Gasteiger partial charge in [0, 0.05) is 19.0 Å². The molecule has 1 aliphatic heterocycles. The van der Waals surface area contributed by atoms with E-state index in [1.54, 1.807) is 6.07 Å². The van der Waals surface area contributed by atoms with Gasteiger partial charge in [0.2, 0.25) is 5.91 Å². The smallest absolute Gasteiger partial charge is 0.264 e. The molecule has 0 saturated heterocycles. The monoisotopic (exact) mass is 374 g/mol. The highest BCUT2D eigenvalue weighted by Crippen LogP contribution is 2.37. The van der Waals surface area contributed by atoms with Crippen LogP contribution in [0.25, 0.3) is 0 Å². The number of rotatable bonds is 4. The highest BCUT2D eigenvalue weighted by molar-refractivity contribution is 7.92. The van der Waals surface area contributed by atoms with Gasteiger partial charge in [-0.3, -0.25) is 9.10 Å². The largest absolute Gasteiger partial charge is 0.495 e. The Kier molecular flexibility index (Phi) is 4.91. The first-order valence-corrected chi connectivity index (χ1v) is 9.86. The summed E-state index contributed by atoms with van der Waals surface area (Å²) in [5, 5.41) is 2.63. The number of methoxy groups -OCH3 is 1. The van der Waals surface area contributed by atoms with Crippen LogP contribution in [0.4, 0.5) is 11.4 Å². The Labute approximate surface area is 153 Å². The van der Waals surface area contributed by atoms with Gasteiger partial charge in [-0.2, -0.15) is 0 Å². The second-order valence-electron chi connectivity index (χ2n) is 6.36. The maximum atomic E-state index is 13.3. The molecule has 0 spiro atoms. The third-order valence-electron chi connectivity index (χ3n) is 4.50. The molecule has 138 valence electrons. The number of fused-ring (bicyclic) bond motifs is 1. The van der Waals surface area contributed by atoms with Crippen molar-refractivity contribution in [2.24, 2.45) is 0 Å². The number of aryl methyl sites for hydroxylation is 1. The maximum Gasteiger partial charge on any atom is 0.264 e. The lowest BCUT2D eigenvalue weighted by Gasteiger charge is -2.36. The molecule has 1 aliphatic rings. The molecule has 0 aromatic heterocycles. The lowest BCUT2D eigenvalue weighted by Crippen LogP contribution is -2.42. The summed E-state index contributed by atoms with van der Waals surface area (Å²) < 4.78 is 33.4. The summed E-state index contributed by atoms with van der Waals surface area (Å²) in [6.07, 6.45) is 1.62. The number of benzene rings is 2. The van der Waals surface area contributed by atoms with Gasteiger partial charge in [0.1, 0.15) is 5.75 Å². The fraction of sp³-hybridized carbons (Fsp3) is 0.316. The van der Waals surface area contributed by atoms with Crippen LogP contribution in [0.2, 0.25) is 0 Å². The van der Waals surface area contributed by atoms with Gasteiger partial charge in [-0.05, 0) is 43.5 Å². The zero-order chi connectivity index (χ0) is 18.9. The lowest BCUT2D eigenvalue weighted by molar-refractivity contribution is -0.114. The molecule has 3 rings (SSSR count). The predicted molar refractivity (Wildman–Crippen MR) is 101 cm³/mol. The number of hydrogen-bond acceptors (Lipinski definition) is 4. The van der Waals surface area contributed by atoms with E-state index in [0.29, 0.717) is 11.4 Å². The van der Waals surface area contributed by atoms with E-state index in [-0.39, 0.29) is 16.8 Å². The highest BCUT2D eigenvalue weighted by atomic mass is 32.2. The van der Waals surface area contributed by atoms with Crippen molar-refractivity contribution in [2.75, 3.05) is 16.7 Å². The van der Waals surface area contributed by atoms with E-state index in [9.17, 15) is 13.2 Å².